The van der Waals surface area contributed by atoms with E-state index in [0.717, 1.165) is 40.6 Å². The van der Waals surface area contributed by atoms with Crippen LogP contribution in [-0.2, 0) is 11.3 Å². The number of H-pyrrole nitrogens is 1. The van der Waals surface area contributed by atoms with Crippen LogP contribution in [0.3, 0.4) is 0 Å². The van der Waals surface area contributed by atoms with Gasteiger partial charge in [0.2, 0.25) is 0 Å². The summed E-state index contributed by atoms with van der Waals surface area (Å²) < 4.78 is 38.4. The van der Waals surface area contributed by atoms with Gasteiger partial charge in [0.1, 0.15) is 5.75 Å². The van der Waals surface area contributed by atoms with Gasteiger partial charge in [0, 0.05) is 47.6 Å². The van der Waals surface area contributed by atoms with E-state index in [1.807, 2.05) is 37.3 Å². The number of alkyl halides is 2. The zero-order valence-electron chi connectivity index (χ0n) is 22.8. The summed E-state index contributed by atoms with van der Waals surface area (Å²) >= 11 is 0. The number of rotatable bonds is 8. The Morgan fingerprint density at radius 1 is 1.10 bits per heavy atom. The third-order valence-corrected chi connectivity index (χ3v) is 7.81. The summed E-state index contributed by atoms with van der Waals surface area (Å²) in [4.78, 5) is 28.8. The highest BCUT2D eigenvalue weighted by Gasteiger charge is 2.28. The average Bonchev–Trinajstić information content (AvgIpc) is 3.23. The average molecular weight is 550 g/mol. The number of hydrogen-bond acceptors (Lipinski definition) is 4. The maximum absolute atomic E-state index is 13.7. The van der Waals surface area contributed by atoms with Crippen LogP contribution in [0.25, 0.3) is 22.0 Å². The molecule has 1 aliphatic heterocycles. The van der Waals surface area contributed by atoms with Crippen LogP contribution in [-0.4, -0.2) is 35.3 Å². The van der Waals surface area contributed by atoms with Crippen molar-refractivity contribution >= 4 is 16.8 Å². The molecule has 1 fully saturated rings. The van der Waals surface area contributed by atoms with Crippen molar-refractivity contribution in [3.05, 3.63) is 87.5 Å². The second-order valence-electron chi connectivity index (χ2n) is 10.3. The van der Waals surface area contributed by atoms with Crippen molar-refractivity contribution < 1.29 is 23.0 Å². The lowest BCUT2D eigenvalue weighted by atomic mass is 9.92. The molecular weight excluding hydrogens is 516 g/mol. The van der Waals surface area contributed by atoms with Crippen LogP contribution in [0.5, 0.6) is 5.75 Å². The molecule has 0 saturated carbocycles. The van der Waals surface area contributed by atoms with Crippen LogP contribution in [0.15, 0.2) is 59.4 Å². The highest BCUT2D eigenvalue weighted by atomic mass is 19.3. The van der Waals surface area contributed by atoms with Gasteiger partial charge in [0.15, 0.2) is 0 Å². The van der Waals surface area contributed by atoms with Crippen molar-refractivity contribution in [1.29, 1.82) is 0 Å². The lowest BCUT2D eigenvalue weighted by molar-refractivity contribution is -0.0506. The molecule has 1 aliphatic rings. The second kappa shape index (κ2) is 11.6. The van der Waals surface area contributed by atoms with E-state index < -0.39 is 18.1 Å². The molecule has 2 aromatic carbocycles. The van der Waals surface area contributed by atoms with E-state index in [4.69, 9.17) is 4.74 Å². The third-order valence-electron chi connectivity index (χ3n) is 7.81. The first kappa shape index (κ1) is 27.6. The number of nitrogens with one attached hydrogen (secondary N) is 2. The number of fused-ring (bicyclic) bond motifs is 1. The van der Waals surface area contributed by atoms with E-state index >= 15 is 0 Å². The Balaban J connectivity index is 1.55. The lowest BCUT2D eigenvalue weighted by Crippen LogP contribution is -2.29. The molecule has 1 amide bonds. The Kier molecular flexibility index (Phi) is 8.02. The minimum absolute atomic E-state index is 0.0671. The van der Waals surface area contributed by atoms with E-state index in [-0.39, 0.29) is 23.9 Å². The molecule has 1 atom stereocenters. The van der Waals surface area contributed by atoms with E-state index in [1.165, 1.54) is 6.07 Å². The molecule has 210 valence electrons. The number of halogens is 2. The molecule has 7 nitrogen and oxygen atoms in total. The fraction of sp³-hybridized carbons (Fsp3) is 0.355. The van der Waals surface area contributed by atoms with E-state index in [2.05, 4.69) is 44.7 Å². The third kappa shape index (κ3) is 5.51. The fourth-order valence-corrected chi connectivity index (χ4v) is 5.78. The topological polar surface area (TPSA) is 85.3 Å². The van der Waals surface area contributed by atoms with Crippen molar-refractivity contribution in [2.24, 2.45) is 5.92 Å². The van der Waals surface area contributed by atoms with Gasteiger partial charge in [0.25, 0.3) is 11.5 Å². The van der Waals surface area contributed by atoms with Crippen LogP contribution in [0.4, 0.5) is 8.78 Å². The van der Waals surface area contributed by atoms with E-state index in [9.17, 15) is 18.4 Å². The van der Waals surface area contributed by atoms with Gasteiger partial charge in [-0.2, -0.15) is 8.78 Å². The fourth-order valence-electron chi connectivity index (χ4n) is 5.78. The summed E-state index contributed by atoms with van der Waals surface area (Å²) in [6.07, 6.45) is 1.87. The van der Waals surface area contributed by atoms with Gasteiger partial charge in [-0.25, -0.2) is 0 Å². The Labute approximate surface area is 231 Å². The molecular formula is C31H33F2N3O4. The van der Waals surface area contributed by atoms with Crippen LogP contribution < -0.4 is 15.6 Å². The molecule has 2 N–H and O–H groups in total. The standard InChI is InChI=1S/C31H33F2N3O4/c1-18-15-27(40-31(32)33)25(29(37)35-18)17-34-30(38)28-20(3)36(19(2)21-11-13-39-14-12-21)26-16-23(9-10-24(26)28)22-7-5-4-6-8-22/h4-10,15-16,19,21,31H,11-14,17H2,1-3H3,(H,34,38)(H,35,37). The molecule has 9 heteroatoms. The zero-order chi connectivity index (χ0) is 28.4. The summed E-state index contributed by atoms with van der Waals surface area (Å²) in [6.45, 7) is 3.75. The molecule has 0 bridgehead atoms. The first-order valence-electron chi connectivity index (χ1n) is 13.5. The molecule has 4 aromatic rings. The summed E-state index contributed by atoms with van der Waals surface area (Å²) in [5.74, 6) is -0.258. The summed E-state index contributed by atoms with van der Waals surface area (Å²) in [7, 11) is 0. The SMILES string of the molecule is Cc1cc(OC(F)F)c(CNC(=O)c2c(C)n(C(C)C3CCOCC3)c3cc(-c4ccccc4)ccc23)c(=O)[nH]1. The van der Waals surface area contributed by atoms with Crippen LogP contribution in [0.2, 0.25) is 0 Å². The number of aromatic nitrogens is 2. The first-order valence-corrected chi connectivity index (χ1v) is 13.5. The largest absolute Gasteiger partial charge is 0.434 e. The van der Waals surface area contributed by atoms with Gasteiger partial charge < -0.3 is 24.3 Å². The number of ether oxygens (including phenoxy) is 2. The van der Waals surface area contributed by atoms with Crippen molar-refractivity contribution in [3.63, 3.8) is 0 Å². The minimum atomic E-state index is -3.10. The number of benzene rings is 2. The van der Waals surface area contributed by atoms with Gasteiger partial charge in [-0.1, -0.05) is 42.5 Å². The quantitative estimate of drug-likeness (QED) is 0.277. The summed E-state index contributed by atoms with van der Waals surface area (Å²) in [6, 6.07) is 17.6. The number of pyridine rings is 1. The predicted molar refractivity (Wildman–Crippen MR) is 150 cm³/mol. The van der Waals surface area contributed by atoms with E-state index in [1.54, 1.807) is 6.92 Å². The van der Waals surface area contributed by atoms with Gasteiger partial charge >= 0.3 is 6.61 Å². The van der Waals surface area contributed by atoms with Gasteiger partial charge in [-0.05, 0) is 56.7 Å². The maximum atomic E-state index is 13.7. The smallest absolute Gasteiger partial charge is 0.387 e. The highest BCUT2D eigenvalue weighted by Crippen LogP contribution is 2.37. The lowest BCUT2D eigenvalue weighted by Gasteiger charge is -2.30. The normalized spacial score (nSPS) is 14.9. The molecule has 1 saturated heterocycles. The highest BCUT2D eigenvalue weighted by molar-refractivity contribution is 6.09. The van der Waals surface area contributed by atoms with Crippen LogP contribution >= 0.6 is 0 Å². The molecule has 0 radical (unpaired) electrons. The molecule has 0 spiro atoms. The van der Waals surface area contributed by atoms with Crippen molar-refractivity contribution in [3.8, 4) is 16.9 Å². The van der Waals surface area contributed by atoms with Gasteiger partial charge in [0.05, 0.1) is 17.7 Å². The monoisotopic (exact) mass is 549 g/mol. The number of carbonyl (C=O) groups is 1. The molecule has 40 heavy (non-hydrogen) atoms. The number of hydrogen-bond donors (Lipinski definition) is 2. The maximum Gasteiger partial charge on any atom is 0.387 e. The van der Waals surface area contributed by atoms with Crippen molar-refractivity contribution in [1.82, 2.24) is 14.9 Å². The number of carbonyl (C=O) groups excluding carboxylic acids is 1. The molecule has 1 unspecified atom stereocenters. The van der Waals surface area contributed by atoms with E-state index in [0.29, 0.717) is 30.4 Å². The minimum Gasteiger partial charge on any atom is -0.434 e. The number of amides is 1. The number of nitrogens with zero attached hydrogens (tertiary/aromatic N) is 1. The Hall–Kier alpha value is -3.98. The van der Waals surface area contributed by atoms with Crippen LogP contribution in [0.1, 0.15) is 53.1 Å². The Morgan fingerprint density at radius 2 is 1.82 bits per heavy atom. The number of aromatic amines is 1. The van der Waals surface area contributed by atoms with Crippen molar-refractivity contribution in [2.75, 3.05) is 13.2 Å². The Bertz CT molecular complexity index is 1570. The van der Waals surface area contributed by atoms with Crippen molar-refractivity contribution in [2.45, 2.75) is 52.8 Å². The Morgan fingerprint density at radius 3 is 2.52 bits per heavy atom. The molecule has 2 aromatic heterocycles. The summed E-state index contributed by atoms with van der Waals surface area (Å²) in [5.41, 5.74) is 4.08. The van der Waals surface area contributed by atoms with Crippen LogP contribution in [0, 0.1) is 19.8 Å². The van der Waals surface area contributed by atoms with Gasteiger partial charge in [-0.15, -0.1) is 0 Å². The second-order valence-corrected chi connectivity index (χ2v) is 10.3. The zero-order valence-corrected chi connectivity index (χ0v) is 22.8. The molecule has 0 aliphatic carbocycles. The summed E-state index contributed by atoms with van der Waals surface area (Å²) in [5, 5.41) is 3.57. The number of aryl methyl sites for hydroxylation is 1. The van der Waals surface area contributed by atoms with Gasteiger partial charge in [-0.3, -0.25) is 9.59 Å². The molecule has 3 heterocycles. The predicted octanol–water partition coefficient (Wildman–Crippen LogP) is 6.13. The molecule has 5 rings (SSSR count). The first-order chi connectivity index (χ1) is 19.2.